The fourth-order valence-corrected chi connectivity index (χ4v) is 4.16. The van der Waals surface area contributed by atoms with E-state index in [-0.39, 0.29) is 12.5 Å². The van der Waals surface area contributed by atoms with Crippen LogP contribution in [0.2, 0.25) is 20.1 Å². The third kappa shape index (κ3) is 5.46. The largest absolute Gasteiger partial charge is 0.482 e. The normalized spacial score (nSPS) is 13.6. The summed E-state index contributed by atoms with van der Waals surface area (Å²) in [5.74, 6) is 0.859. The van der Waals surface area contributed by atoms with Crippen LogP contribution in [0.1, 0.15) is 5.56 Å². The quantitative estimate of drug-likeness (QED) is 0.561. The molecule has 0 saturated heterocycles. The minimum Gasteiger partial charge on any atom is -0.482 e. The molecule has 0 atom stereocenters. The van der Waals surface area contributed by atoms with Gasteiger partial charge in [-0.05, 0) is 35.9 Å². The van der Waals surface area contributed by atoms with Gasteiger partial charge in [0.15, 0.2) is 11.8 Å². The number of thioether (sulfide) groups is 1. The fraction of sp³-hybridized carbons (Fsp3) is 0.222. The van der Waals surface area contributed by atoms with Crippen molar-refractivity contribution in [1.82, 2.24) is 4.90 Å². The van der Waals surface area contributed by atoms with Gasteiger partial charge in [-0.2, -0.15) is 0 Å². The molecular weight excluding hydrogens is 450 g/mol. The van der Waals surface area contributed by atoms with Crippen LogP contribution in [0.3, 0.4) is 0 Å². The molecule has 0 radical (unpaired) electrons. The zero-order valence-electron chi connectivity index (χ0n) is 13.9. The van der Waals surface area contributed by atoms with Crippen molar-refractivity contribution in [3.05, 3.63) is 62.1 Å². The summed E-state index contributed by atoms with van der Waals surface area (Å²) < 4.78 is 5.53. The van der Waals surface area contributed by atoms with Crippen molar-refractivity contribution in [2.45, 2.75) is 5.75 Å². The summed E-state index contributed by atoms with van der Waals surface area (Å²) in [5, 5.41) is 2.55. The van der Waals surface area contributed by atoms with Gasteiger partial charge >= 0.3 is 0 Å². The molecule has 0 N–H and O–H groups in total. The molecule has 0 unspecified atom stereocenters. The second-order valence-corrected chi connectivity index (χ2v) is 8.21. The number of carbonyl (C=O) groups is 1. The highest BCUT2D eigenvalue weighted by Crippen LogP contribution is 2.28. The number of amidine groups is 1. The summed E-state index contributed by atoms with van der Waals surface area (Å²) >= 11 is 25.4. The average molecular weight is 464 g/mol. The molecule has 0 aromatic heterocycles. The number of ether oxygens (including phenoxy) is 1. The monoisotopic (exact) mass is 462 g/mol. The van der Waals surface area contributed by atoms with E-state index in [1.165, 1.54) is 11.8 Å². The lowest BCUT2D eigenvalue weighted by Gasteiger charge is -2.18. The predicted molar refractivity (Wildman–Crippen MR) is 114 cm³/mol. The Balaban J connectivity index is 1.56. The van der Waals surface area contributed by atoms with Gasteiger partial charge < -0.3 is 4.74 Å². The first-order valence-electron chi connectivity index (χ1n) is 7.93. The minimum atomic E-state index is -0.182. The van der Waals surface area contributed by atoms with Crippen LogP contribution < -0.4 is 4.74 Å². The number of benzene rings is 2. The molecule has 3 rings (SSSR count). The Morgan fingerprint density at radius 1 is 1.07 bits per heavy atom. The molecule has 27 heavy (non-hydrogen) atoms. The predicted octanol–water partition coefficient (Wildman–Crippen LogP) is 5.81. The van der Waals surface area contributed by atoms with E-state index in [4.69, 9.17) is 51.1 Å². The lowest BCUT2D eigenvalue weighted by Crippen LogP contribution is -2.36. The van der Waals surface area contributed by atoms with Gasteiger partial charge in [0.2, 0.25) is 0 Å². The number of hydrogen-bond donors (Lipinski definition) is 0. The van der Waals surface area contributed by atoms with Crippen molar-refractivity contribution in [2.24, 2.45) is 4.99 Å². The lowest BCUT2D eigenvalue weighted by molar-refractivity contribution is -0.128. The molecule has 2 aromatic rings. The molecule has 9 heteroatoms. The van der Waals surface area contributed by atoms with Gasteiger partial charge in [0.05, 0.1) is 21.6 Å². The van der Waals surface area contributed by atoms with E-state index < -0.39 is 0 Å². The molecule has 0 aliphatic carbocycles. The number of carbonyl (C=O) groups excluding carboxylic acids is 1. The molecule has 0 spiro atoms. The number of nitrogens with zero attached hydrogens (tertiary/aromatic N) is 2. The van der Waals surface area contributed by atoms with E-state index in [0.29, 0.717) is 49.9 Å². The van der Waals surface area contributed by atoms with Crippen LogP contribution in [0.15, 0.2) is 41.4 Å². The van der Waals surface area contributed by atoms with Gasteiger partial charge in [-0.15, -0.1) is 0 Å². The summed E-state index contributed by atoms with van der Waals surface area (Å²) in [6.45, 7) is 0.963. The van der Waals surface area contributed by atoms with Crippen LogP contribution in [-0.4, -0.2) is 35.7 Å². The molecule has 0 saturated carbocycles. The fourth-order valence-electron chi connectivity index (χ4n) is 2.37. The van der Waals surface area contributed by atoms with E-state index in [1.54, 1.807) is 29.2 Å². The Labute approximate surface area is 181 Å². The van der Waals surface area contributed by atoms with Crippen LogP contribution in [0.4, 0.5) is 0 Å². The highest BCUT2D eigenvalue weighted by molar-refractivity contribution is 8.13. The second-order valence-electron chi connectivity index (χ2n) is 5.61. The molecule has 142 valence electrons. The maximum atomic E-state index is 12.5. The molecule has 2 aromatic carbocycles. The van der Waals surface area contributed by atoms with Crippen LogP contribution in [-0.2, 0) is 10.5 Å². The summed E-state index contributed by atoms with van der Waals surface area (Å²) in [5.41, 5.74) is 1.00. The summed E-state index contributed by atoms with van der Waals surface area (Å²) in [4.78, 5) is 18.5. The van der Waals surface area contributed by atoms with Crippen LogP contribution in [0, 0.1) is 0 Å². The Morgan fingerprint density at radius 2 is 1.89 bits per heavy atom. The first-order chi connectivity index (χ1) is 12.9. The third-order valence-electron chi connectivity index (χ3n) is 3.70. The van der Waals surface area contributed by atoms with Gasteiger partial charge in [-0.1, -0.05) is 64.2 Å². The molecular formula is C18H14Cl4N2O2S. The lowest BCUT2D eigenvalue weighted by atomic mass is 10.2. The number of halogens is 4. The van der Waals surface area contributed by atoms with Crippen molar-refractivity contribution in [1.29, 1.82) is 0 Å². The van der Waals surface area contributed by atoms with Crippen molar-refractivity contribution < 1.29 is 9.53 Å². The Morgan fingerprint density at radius 3 is 2.63 bits per heavy atom. The second kappa shape index (κ2) is 9.39. The zero-order valence-corrected chi connectivity index (χ0v) is 17.8. The maximum Gasteiger partial charge on any atom is 0.266 e. The Bertz CT molecular complexity index is 892. The number of hydrogen-bond acceptors (Lipinski definition) is 4. The summed E-state index contributed by atoms with van der Waals surface area (Å²) in [6.07, 6.45) is 0. The molecule has 1 amide bonds. The van der Waals surface area contributed by atoms with E-state index in [1.807, 2.05) is 12.1 Å². The zero-order chi connectivity index (χ0) is 19.4. The van der Waals surface area contributed by atoms with Gasteiger partial charge in [0, 0.05) is 17.3 Å². The van der Waals surface area contributed by atoms with Gasteiger partial charge in [0.1, 0.15) is 5.75 Å². The van der Waals surface area contributed by atoms with E-state index >= 15 is 0 Å². The first kappa shape index (κ1) is 20.6. The maximum absolute atomic E-state index is 12.5. The van der Waals surface area contributed by atoms with Crippen LogP contribution in [0.5, 0.6) is 5.75 Å². The topological polar surface area (TPSA) is 41.9 Å². The Kier molecular flexibility index (Phi) is 7.17. The standard InChI is InChI=1S/C18H14Cl4N2O2S/c19-12-2-4-16(15(22)8-12)26-9-17(25)24-6-5-23-18(24)27-10-11-1-3-13(20)14(21)7-11/h1-4,7-8H,5-6,9-10H2. The average Bonchev–Trinajstić information content (AvgIpc) is 3.10. The van der Waals surface area contributed by atoms with Crippen molar-refractivity contribution in [3.63, 3.8) is 0 Å². The summed E-state index contributed by atoms with van der Waals surface area (Å²) in [7, 11) is 0. The van der Waals surface area contributed by atoms with Gasteiger partial charge in [-0.3, -0.25) is 14.7 Å². The molecule has 4 nitrogen and oxygen atoms in total. The van der Waals surface area contributed by atoms with E-state index in [9.17, 15) is 4.79 Å². The third-order valence-corrected chi connectivity index (χ3v) is 6.05. The van der Waals surface area contributed by atoms with Crippen LogP contribution in [0.25, 0.3) is 0 Å². The molecule has 1 aliphatic rings. The number of amides is 1. The highest BCUT2D eigenvalue weighted by Gasteiger charge is 2.24. The minimum absolute atomic E-state index is 0.131. The van der Waals surface area contributed by atoms with Gasteiger partial charge in [-0.25, -0.2) is 0 Å². The molecule has 0 bridgehead atoms. The van der Waals surface area contributed by atoms with Crippen molar-refractivity contribution in [2.75, 3.05) is 19.7 Å². The Hall–Kier alpha value is -1.11. The molecule has 1 aliphatic heterocycles. The molecule has 0 fully saturated rings. The smallest absolute Gasteiger partial charge is 0.266 e. The van der Waals surface area contributed by atoms with E-state index in [2.05, 4.69) is 4.99 Å². The van der Waals surface area contributed by atoms with Crippen LogP contribution >= 0.6 is 58.2 Å². The number of aliphatic imine (C=N–C) groups is 1. The van der Waals surface area contributed by atoms with Crippen molar-refractivity contribution in [3.8, 4) is 5.75 Å². The number of rotatable bonds is 5. The summed E-state index contributed by atoms with van der Waals surface area (Å²) in [6, 6.07) is 10.3. The van der Waals surface area contributed by atoms with Gasteiger partial charge in [0.25, 0.3) is 5.91 Å². The highest BCUT2D eigenvalue weighted by atomic mass is 35.5. The van der Waals surface area contributed by atoms with Crippen molar-refractivity contribution >= 4 is 69.2 Å². The first-order valence-corrected chi connectivity index (χ1v) is 10.4. The molecule has 1 heterocycles. The SMILES string of the molecule is O=C(COc1ccc(Cl)cc1Cl)N1CCN=C1SCc1ccc(Cl)c(Cl)c1. The van der Waals surface area contributed by atoms with E-state index in [0.717, 1.165) is 5.56 Å².